The van der Waals surface area contributed by atoms with Crippen LogP contribution in [0.2, 0.25) is 0 Å². The van der Waals surface area contributed by atoms with Crippen LogP contribution in [-0.2, 0) is 24.0 Å². The van der Waals surface area contributed by atoms with Gasteiger partial charge in [-0.05, 0) is 50.7 Å². The summed E-state index contributed by atoms with van der Waals surface area (Å²) in [6.45, 7) is 8.01. The number of nitrogens with zero attached hydrogens (tertiary/aromatic N) is 1. The molecule has 0 bridgehead atoms. The molecular weight excluding hydrogens is 526 g/mol. The van der Waals surface area contributed by atoms with E-state index in [1.54, 1.807) is 19.1 Å². The summed E-state index contributed by atoms with van der Waals surface area (Å²) in [5.41, 5.74) is 6.80. The molecule has 11 heteroatoms. The Kier molecular flexibility index (Phi) is 13.5. The molecule has 1 unspecified atom stereocenters. The summed E-state index contributed by atoms with van der Waals surface area (Å²) in [4.78, 5) is 75.4. The number of nitrogens with two attached hydrogens (primary N) is 1. The third-order valence-corrected chi connectivity index (χ3v) is 7.25. The fraction of sp³-hybridized carbons (Fsp3) is 0.600. The molecule has 226 valence electrons. The van der Waals surface area contributed by atoms with Gasteiger partial charge in [0.2, 0.25) is 23.6 Å². The molecule has 1 aliphatic rings. The van der Waals surface area contributed by atoms with Gasteiger partial charge in [0, 0.05) is 49.9 Å². The van der Waals surface area contributed by atoms with E-state index in [1.807, 2.05) is 32.9 Å². The Hall–Kier alpha value is -3.76. The molecule has 2 rings (SSSR count). The average Bonchev–Trinajstić information content (AvgIpc) is 3.15. The number of ketones is 1. The number of carbonyl (C=O) groups is 6. The molecule has 41 heavy (non-hydrogen) atoms. The van der Waals surface area contributed by atoms with Crippen molar-refractivity contribution in [3.05, 3.63) is 29.8 Å². The van der Waals surface area contributed by atoms with Crippen LogP contribution in [0.15, 0.2) is 24.3 Å². The molecule has 0 radical (unpaired) electrons. The number of benzene rings is 1. The maximum Gasteiger partial charge on any atom is 0.312 e. The highest BCUT2D eigenvalue weighted by molar-refractivity contribution is 6.03. The number of hydrogen-bond acceptors (Lipinski definition) is 6. The van der Waals surface area contributed by atoms with Gasteiger partial charge in [0.15, 0.2) is 5.78 Å². The van der Waals surface area contributed by atoms with E-state index >= 15 is 0 Å². The highest BCUT2D eigenvalue weighted by atomic mass is 16.2. The number of likely N-dealkylation sites (tertiary alicyclic amines) is 1. The minimum Gasteiger partial charge on any atom is -0.352 e. The minimum atomic E-state index is -0.748. The number of nitrogens with one attached hydrogen (secondary N) is 3. The van der Waals surface area contributed by atoms with E-state index in [2.05, 4.69) is 16.0 Å². The lowest BCUT2D eigenvalue weighted by Crippen LogP contribution is -2.45. The molecule has 0 spiro atoms. The first kappa shape index (κ1) is 33.4. The van der Waals surface area contributed by atoms with Crippen LogP contribution in [0.3, 0.4) is 0 Å². The van der Waals surface area contributed by atoms with Gasteiger partial charge in [0.1, 0.15) is 0 Å². The second kappa shape index (κ2) is 16.5. The number of urea groups is 1. The summed E-state index contributed by atoms with van der Waals surface area (Å²) in [5.74, 6) is -2.19. The van der Waals surface area contributed by atoms with Gasteiger partial charge in [-0.1, -0.05) is 44.9 Å². The van der Waals surface area contributed by atoms with Gasteiger partial charge in [-0.2, -0.15) is 0 Å². The normalized spacial score (nSPS) is 16.4. The predicted octanol–water partition coefficient (Wildman–Crippen LogP) is 3.05. The minimum absolute atomic E-state index is 0.0618. The van der Waals surface area contributed by atoms with E-state index in [0.717, 1.165) is 5.56 Å². The largest absolute Gasteiger partial charge is 0.352 e. The number of amides is 6. The fourth-order valence-electron chi connectivity index (χ4n) is 4.82. The maximum atomic E-state index is 13.3. The molecular formula is C30H45N5O6. The zero-order chi connectivity index (χ0) is 30.5. The number of Topliss-reactive ketones (excluding diaryl/α,β-unsaturated/α-hetero) is 1. The fourth-order valence-corrected chi connectivity index (χ4v) is 4.82. The molecule has 1 aliphatic heterocycles. The van der Waals surface area contributed by atoms with Crippen molar-refractivity contribution in [2.75, 3.05) is 18.4 Å². The number of imide groups is 1. The molecule has 1 heterocycles. The molecule has 0 aromatic heterocycles. The van der Waals surface area contributed by atoms with Crippen molar-refractivity contribution in [3.63, 3.8) is 0 Å². The number of rotatable bonds is 17. The van der Waals surface area contributed by atoms with Gasteiger partial charge in [0.05, 0.1) is 6.04 Å². The predicted molar refractivity (Wildman–Crippen MR) is 155 cm³/mol. The van der Waals surface area contributed by atoms with E-state index in [0.29, 0.717) is 44.3 Å². The summed E-state index contributed by atoms with van der Waals surface area (Å²) in [5, 5.41) is 8.20. The second-order valence-electron chi connectivity index (χ2n) is 11.2. The first-order chi connectivity index (χ1) is 19.4. The number of carbonyl (C=O) groups excluding carboxylic acids is 6. The first-order valence-electron chi connectivity index (χ1n) is 14.5. The molecule has 6 amide bonds. The smallest absolute Gasteiger partial charge is 0.312 e. The lowest BCUT2D eigenvalue weighted by Gasteiger charge is -2.24. The summed E-state index contributed by atoms with van der Waals surface area (Å²) in [7, 11) is 0. The van der Waals surface area contributed by atoms with Gasteiger partial charge < -0.3 is 21.7 Å². The zero-order valence-electron chi connectivity index (χ0n) is 24.7. The molecule has 5 N–H and O–H groups in total. The molecule has 1 aromatic carbocycles. The van der Waals surface area contributed by atoms with Crippen molar-refractivity contribution < 1.29 is 28.8 Å². The maximum absolute atomic E-state index is 13.3. The van der Waals surface area contributed by atoms with Crippen molar-refractivity contribution in [1.29, 1.82) is 0 Å². The quantitative estimate of drug-likeness (QED) is 0.166. The van der Waals surface area contributed by atoms with Crippen molar-refractivity contribution in [1.82, 2.24) is 15.5 Å². The highest BCUT2D eigenvalue weighted by Gasteiger charge is 2.35. The third kappa shape index (κ3) is 11.3. The van der Waals surface area contributed by atoms with Gasteiger partial charge in [0.25, 0.3) is 0 Å². The second-order valence-corrected chi connectivity index (χ2v) is 11.2. The number of primary amides is 1. The SMILES string of the molecule is Cc1ccc(NC(=O)[C@@H](CCCNC(N)=O)CC(=O)[C@H](NC(=O)CCCCCN2C(=O)CC(C)C2=O)C(C)C)cc1. The van der Waals surface area contributed by atoms with Gasteiger partial charge in [-0.25, -0.2) is 4.79 Å². The Morgan fingerprint density at radius 2 is 1.71 bits per heavy atom. The average molecular weight is 572 g/mol. The van der Waals surface area contributed by atoms with Gasteiger partial charge in [-0.3, -0.25) is 28.9 Å². The first-order valence-corrected chi connectivity index (χ1v) is 14.5. The standard InChI is InChI=1S/C30H45N5O6/c1-19(2)27(34-25(37)10-6-5-7-16-35-26(38)17-21(4)29(35)40)24(36)18-22(9-8-15-32-30(31)41)28(39)33-23-13-11-20(3)12-14-23/h11-14,19,21-22,27H,5-10,15-18H2,1-4H3,(H,33,39)(H,34,37)(H3,31,32,41)/t21?,22-,27+/m0/s1. The summed E-state index contributed by atoms with van der Waals surface area (Å²) in [6.07, 6.45) is 3.05. The Bertz CT molecular complexity index is 1090. The Labute approximate surface area is 242 Å². The Balaban J connectivity index is 1.90. The van der Waals surface area contributed by atoms with E-state index in [1.165, 1.54) is 4.90 Å². The van der Waals surface area contributed by atoms with Crippen molar-refractivity contribution >= 4 is 41.1 Å². The van der Waals surface area contributed by atoms with Crippen LogP contribution in [0.4, 0.5) is 10.5 Å². The van der Waals surface area contributed by atoms with Gasteiger partial charge in [-0.15, -0.1) is 0 Å². The van der Waals surface area contributed by atoms with E-state index in [9.17, 15) is 28.8 Å². The monoisotopic (exact) mass is 571 g/mol. The third-order valence-electron chi connectivity index (χ3n) is 7.25. The van der Waals surface area contributed by atoms with Crippen LogP contribution >= 0.6 is 0 Å². The number of aryl methyl sites for hydroxylation is 1. The number of anilines is 1. The van der Waals surface area contributed by atoms with Crippen LogP contribution < -0.4 is 21.7 Å². The molecule has 1 aromatic rings. The Morgan fingerprint density at radius 3 is 2.29 bits per heavy atom. The van der Waals surface area contributed by atoms with E-state index in [-0.39, 0.29) is 67.1 Å². The van der Waals surface area contributed by atoms with Crippen LogP contribution in [0.25, 0.3) is 0 Å². The summed E-state index contributed by atoms with van der Waals surface area (Å²) < 4.78 is 0. The zero-order valence-corrected chi connectivity index (χ0v) is 24.7. The van der Waals surface area contributed by atoms with Gasteiger partial charge >= 0.3 is 6.03 Å². The number of unbranched alkanes of at least 4 members (excludes halogenated alkanes) is 2. The molecule has 1 saturated heterocycles. The van der Waals surface area contributed by atoms with Crippen molar-refractivity contribution in [2.24, 2.45) is 23.5 Å². The number of hydrogen-bond donors (Lipinski definition) is 4. The highest BCUT2D eigenvalue weighted by Crippen LogP contribution is 2.21. The van der Waals surface area contributed by atoms with E-state index in [4.69, 9.17) is 5.73 Å². The molecule has 3 atom stereocenters. The molecule has 1 fully saturated rings. The molecule has 0 aliphatic carbocycles. The van der Waals surface area contributed by atoms with Crippen LogP contribution in [0.1, 0.15) is 77.7 Å². The van der Waals surface area contributed by atoms with Crippen molar-refractivity contribution in [3.8, 4) is 0 Å². The van der Waals surface area contributed by atoms with E-state index < -0.39 is 18.0 Å². The lowest BCUT2D eigenvalue weighted by molar-refractivity contribution is -0.139. The topological polar surface area (TPSA) is 168 Å². The van der Waals surface area contributed by atoms with Crippen LogP contribution in [-0.4, -0.2) is 59.5 Å². The summed E-state index contributed by atoms with van der Waals surface area (Å²) >= 11 is 0. The van der Waals surface area contributed by atoms with Crippen LogP contribution in [0.5, 0.6) is 0 Å². The lowest BCUT2D eigenvalue weighted by atomic mass is 9.89. The molecule has 0 saturated carbocycles. The molecule has 11 nitrogen and oxygen atoms in total. The van der Waals surface area contributed by atoms with Crippen LogP contribution in [0, 0.1) is 24.7 Å². The van der Waals surface area contributed by atoms with Crippen molar-refractivity contribution in [2.45, 2.75) is 85.1 Å². The summed E-state index contributed by atoms with van der Waals surface area (Å²) in [6, 6.07) is 5.93. The Morgan fingerprint density at radius 1 is 1.02 bits per heavy atom.